The van der Waals surface area contributed by atoms with Crippen LogP contribution in [0, 0.1) is 11.3 Å². The molecule has 0 atom stereocenters. The first-order valence-electron chi connectivity index (χ1n) is 7.08. The Kier molecular flexibility index (Phi) is 7.70. The molecule has 112 valence electrons. The van der Waals surface area contributed by atoms with Gasteiger partial charge in [0.15, 0.2) is 0 Å². The summed E-state index contributed by atoms with van der Waals surface area (Å²) in [6.45, 7) is 7.11. The molecule has 0 radical (unpaired) electrons. The first-order chi connectivity index (χ1) is 9.69. The van der Waals surface area contributed by atoms with Gasteiger partial charge in [-0.15, -0.1) is 0 Å². The zero-order chi connectivity index (χ0) is 14.8. The largest absolute Gasteiger partial charge is 0.390 e. The molecule has 0 unspecified atom stereocenters. The fraction of sp³-hybridized carbons (Fsp3) is 0.714. The van der Waals surface area contributed by atoms with Gasteiger partial charge in [-0.2, -0.15) is 5.26 Å². The lowest BCUT2D eigenvalue weighted by atomic mass is 10.2. The minimum absolute atomic E-state index is 0.172. The van der Waals surface area contributed by atoms with Gasteiger partial charge in [-0.25, -0.2) is 0 Å². The standard InChI is InChI=1S/C14H24N4O2/c1-3-20-10-4-5-16-12-13(11-15)14(19)18-8-6-17(2)7-9-18/h12,16H,3-10H2,1-2H3/b13-12-. The van der Waals surface area contributed by atoms with Gasteiger partial charge in [0.1, 0.15) is 11.6 Å². The predicted molar refractivity (Wildman–Crippen MR) is 76.9 cm³/mol. The normalized spacial score (nSPS) is 16.9. The Hall–Kier alpha value is -1.58. The molecule has 6 heteroatoms. The van der Waals surface area contributed by atoms with Crippen molar-refractivity contribution in [2.75, 3.05) is 53.0 Å². The number of rotatable bonds is 7. The van der Waals surface area contributed by atoms with Gasteiger partial charge in [-0.05, 0) is 20.4 Å². The number of piperazine rings is 1. The number of amides is 1. The summed E-state index contributed by atoms with van der Waals surface area (Å²) in [5.74, 6) is -0.182. The van der Waals surface area contributed by atoms with E-state index in [9.17, 15) is 4.79 Å². The second-order valence-electron chi connectivity index (χ2n) is 4.77. The summed E-state index contributed by atoms with van der Waals surface area (Å²) in [6, 6.07) is 1.97. The van der Waals surface area contributed by atoms with E-state index in [1.807, 2.05) is 20.0 Å². The molecule has 1 aliphatic heterocycles. The molecule has 0 saturated carbocycles. The van der Waals surface area contributed by atoms with Gasteiger partial charge in [-0.1, -0.05) is 0 Å². The number of nitrogens with zero attached hydrogens (tertiary/aromatic N) is 3. The highest BCUT2D eigenvalue weighted by Gasteiger charge is 2.21. The van der Waals surface area contributed by atoms with Gasteiger partial charge in [-0.3, -0.25) is 4.79 Å². The zero-order valence-corrected chi connectivity index (χ0v) is 12.4. The number of nitrogens with one attached hydrogen (secondary N) is 1. The fourth-order valence-corrected chi connectivity index (χ4v) is 1.92. The van der Waals surface area contributed by atoms with Crippen LogP contribution in [-0.4, -0.2) is 68.7 Å². The van der Waals surface area contributed by atoms with E-state index in [0.29, 0.717) is 32.8 Å². The molecule has 1 heterocycles. The van der Waals surface area contributed by atoms with Gasteiger partial charge in [0, 0.05) is 52.1 Å². The fourth-order valence-electron chi connectivity index (χ4n) is 1.92. The number of likely N-dealkylation sites (N-methyl/N-ethyl adjacent to an activating group) is 1. The average Bonchev–Trinajstić information content (AvgIpc) is 2.47. The molecule has 0 aromatic rings. The third-order valence-corrected chi connectivity index (χ3v) is 3.20. The van der Waals surface area contributed by atoms with Crippen molar-refractivity contribution in [3.63, 3.8) is 0 Å². The van der Waals surface area contributed by atoms with E-state index in [1.54, 1.807) is 4.90 Å². The maximum absolute atomic E-state index is 12.2. The number of carbonyl (C=O) groups is 1. The summed E-state index contributed by atoms with van der Waals surface area (Å²) in [5.41, 5.74) is 0.172. The Morgan fingerprint density at radius 3 is 2.70 bits per heavy atom. The number of carbonyl (C=O) groups excluding carboxylic acids is 1. The van der Waals surface area contributed by atoms with Crippen molar-refractivity contribution in [3.8, 4) is 6.07 Å². The molecule has 20 heavy (non-hydrogen) atoms. The number of nitriles is 1. The monoisotopic (exact) mass is 280 g/mol. The van der Waals surface area contributed by atoms with Gasteiger partial charge in [0.05, 0.1) is 0 Å². The molecule has 1 aliphatic rings. The summed E-state index contributed by atoms with van der Waals surface area (Å²) in [5, 5.41) is 12.1. The topological polar surface area (TPSA) is 68.6 Å². The van der Waals surface area contributed by atoms with E-state index in [-0.39, 0.29) is 11.5 Å². The molecule has 1 saturated heterocycles. The Morgan fingerprint density at radius 2 is 2.10 bits per heavy atom. The van der Waals surface area contributed by atoms with Crippen LogP contribution in [0.15, 0.2) is 11.8 Å². The zero-order valence-electron chi connectivity index (χ0n) is 12.4. The van der Waals surface area contributed by atoms with Crippen molar-refractivity contribution in [2.45, 2.75) is 13.3 Å². The van der Waals surface area contributed by atoms with Crippen molar-refractivity contribution >= 4 is 5.91 Å². The quantitative estimate of drug-likeness (QED) is 0.409. The number of ether oxygens (including phenoxy) is 1. The Morgan fingerprint density at radius 1 is 1.40 bits per heavy atom. The van der Waals surface area contributed by atoms with Gasteiger partial charge >= 0.3 is 0 Å². The lowest BCUT2D eigenvalue weighted by Crippen LogP contribution is -2.47. The Bertz CT molecular complexity index is 368. The van der Waals surface area contributed by atoms with E-state index in [4.69, 9.17) is 10.00 Å². The lowest BCUT2D eigenvalue weighted by Gasteiger charge is -2.32. The Labute approximate surface area is 121 Å². The molecule has 1 fully saturated rings. The summed E-state index contributed by atoms with van der Waals surface area (Å²) < 4.78 is 5.21. The molecule has 0 aromatic carbocycles. The molecular weight excluding hydrogens is 256 g/mol. The SMILES string of the molecule is CCOCCCN/C=C(/C#N)C(=O)N1CCN(C)CC1. The van der Waals surface area contributed by atoms with Crippen molar-refractivity contribution in [3.05, 3.63) is 11.8 Å². The van der Waals surface area contributed by atoms with Gasteiger partial charge in [0.25, 0.3) is 5.91 Å². The van der Waals surface area contributed by atoms with Crippen molar-refractivity contribution < 1.29 is 9.53 Å². The van der Waals surface area contributed by atoms with Crippen LogP contribution in [0.4, 0.5) is 0 Å². The molecule has 0 spiro atoms. The molecule has 1 N–H and O–H groups in total. The highest BCUT2D eigenvalue weighted by atomic mass is 16.5. The van der Waals surface area contributed by atoms with Gasteiger partial charge < -0.3 is 19.9 Å². The number of hydrogen-bond acceptors (Lipinski definition) is 5. The van der Waals surface area contributed by atoms with Crippen LogP contribution in [0.5, 0.6) is 0 Å². The first kappa shape index (κ1) is 16.5. The first-order valence-corrected chi connectivity index (χ1v) is 7.08. The highest BCUT2D eigenvalue weighted by molar-refractivity contribution is 5.97. The van der Waals surface area contributed by atoms with E-state index in [0.717, 1.165) is 19.5 Å². The number of hydrogen-bond donors (Lipinski definition) is 1. The van der Waals surface area contributed by atoms with Crippen LogP contribution in [0.2, 0.25) is 0 Å². The smallest absolute Gasteiger partial charge is 0.266 e. The van der Waals surface area contributed by atoms with Crippen LogP contribution in [0.25, 0.3) is 0 Å². The van der Waals surface area contributed by atoms with E-state index in [2.05, 4.69) is 10.2 Å². The van der Waals surface area contributed by atoms with Crippen molar-refractivity contribution in [2.24, 2.45) is 0 Å². The second-order valence-corrected chi connectivity index (χ2v) is 4.77. The van der Waals surface area contributed by atoms with E-state index in [1.165, 1.54) is 6.20 Å². The minimum Gasteiger partial charge on any atom is -0.390 e. The third-order valence-electron chi connectivity index (χ3n) is 3.20. The van der Waals surface area contributed by atoms with Crippen LogP contribution in [-0.2, 0) is 9.53 Å². The minimum atomic E-state index is -0.182. The second kappa shape index (κ2) is 9.34. The third kappa shape index (κ3) is 5.59. The van der Waals surface area contributed by atoms with Gasteiger partial charge in [0.2, 0.25) is 0 Å². The molecule has 0 aliphatic carbocycles. The van der Waals surface area contributed by atoms with E-state index < -0.39 is 0 Å². The van der Waals surface area contributed by atoms with E-state index >= 15 is 0 Å². The van der Waals surface area contributed by atoms with Crippen molar-refractivity contribution in [1.82, 2.24) is 15.1 Å². The van der Waals surface area contributed by atoms with Crippen LogP contribution in [0.1, 0.15) is 13.3 Å². The van der Waals surface area contributed by atoms with Crippen LogP contribution < -0.4 is 5.32 Å². The summed E-state index contributed by atoms with van der Waals surface area (Å²) in [4.78, 5) is 16.1. The molecule has 1 rings (SSSR count). The molecule has 6 nitrogen and oxygen atoms in total. The maximum atomic E-state index is 12.2. The molecule has 0 aromatic heterocycles. The summed E-state index contributed by atoms with van der Waals surface area (Å²) >= 11 is 0. The lowest BCUT2D eigenvalue weighted by molar-refractivity contribution is -0.128. The molecule has 1 amide bonds. The van der Waals surface area contributed by atoms with Crippen LogP contribution >= 0.6 is 0 Å². The predicted octanol–water partition coefficient (Wildman–Crippen LogP) is 0.184. The maximum Gasteiger partial charge on any atom is 0.266 e. The van der Waals surface area contributed by atoms with Crippen LogP contribution in [0.3, 0.4) is 0 Å². The summed E-state index contributed by atoms with van der Waals surface area (Å²) in [7, 11) is 2.03. The summed E-state index contributed by atoms with van der Waals surface area (Å²) in [6.07, 6.45) is 2.37. The van der Waals surface area contributed by atoms with Crippen molar-refractivity contribution in [1.29, 1.82) is 5.26 Å². The Balaban J connectivity index is 2.36. The molecule has 0 bridgehead atoms. The highest BCUT2D eigenvalue weighted by Crippen LogP contribution is 2.05. The molecular formula is C14H24N4O2. The average molecular weight is 280 g/mol.